The molecule has 1 amide bonds. The second kappa shape index (κ2) is 10.3. The van der Waals surface area contributed by atoms with Crippen molar-refractivity contribution >= 4 is 29.1 Å². The predicted octanol–water partition coefficient (Wildman–Crippen LogP) is 3.22. The SMILES string of the molecule is CCn1c(-c2cnc(C)nc2)nc2c(/N=C\C(CC(C)C)C(=O)N3CCO[C@@H](C)C3)ncnc21. The van der Waals surface area contributed by atoms with Gasteiger partial charge in [0.2, 0.25) is 5.91 Å². The minimum Gasteiger partial charge on any atom is -0.375 e. The second-order valence-corrected chi connectivity index (χ2v) is 9.05. The zero-order chi connectivity index (χ0) is 24.2. The predicted molar refractivity (Wildman–Crippen MR) is 130 cm³/mol. The highest BCUT2D eigenvalue weighted by molar-refractivity contribution is 5.95. The van der Waals surface area contributed by atoms with Gasteiger partial charge >= 0.3 is 0 Å². The average Bonchev–Trinajstić information content (AvgIpc) is 3.20. The Kier molecular flexibility index (Phi) is 7.26. The Morgan fingerprint density at radius 2 is 2.03 bits per heavy atom. The van der Waals surface area contributed by atoms with Crippen LogP contribution in [0.5, 0.6) is 0 Å². The van der Waals surface area contributed by atoms with Gasteiger partial charge < -0.3 is 14.2 Å². The molecule has 3 aromatic heterocycles. The molecule has 1 saturated heterocycles. The molecule has 0 spiro atoms. The minimum atomic E-state index is -0.339. The smallest absolute Gasteiger partial charge is 0.231 e. The third-order valence-corrected chi connectivity index (χ3v) is 5.84. The normalized spacial score (nSPS) is 17.7. The fraction of sp³-hybridized carbons (Fsp3) is 0.542. The van der Waals surface area contributed by atoms with E-state index in [1.807, 2.05) is 30.2 Å². The second-order valence-electron chi connectivity index (χ2n) is 9.05. The Bertz CT molecular complexity index is 1170. The highest BCUT2D eigenvalue weighted by Crippen LogP contribution is 2.28. The summed E-state index contributed by atoms with van der Waals surface area (Å²) in [5.41, 5.74) is 2.08. The van der Waals surface area contributed by atoms with E-state index in [4.69, 9.17) is 9.72 Å². The van der Waals surface area contributed by atoms with E-state index in [1.165, 1.54) is 6.33 Å². The molecule has 0 radical (unpaired) electrons. The van der Waals surface area contributed by atoms with Gasteiger partial charge in [-0.25, -0.2) is 29.9 Å². The summed E-state index contributed by atoms with van der Waals surface area (Å²) in [5, 5.41) is 0. The molecule has 1 unspecified atom stereocenters. The van der Waals surface area contributed by atoms with Gasteiger partial charge in [0, 0.05) is 38.2 Å². The fourth-order valence-corrected chi connectivity index (χ4v) is 4.19. The maximum Gasteiger partial charge on any atom is 0.231 e. The van der Waals surface area contributed by atoms with E-state index in [0.29, 0.717) is 67.2 Å². The van der Waals surface area contributed by atoms with Crippen molar-refractivity contribution in [2.45, 2.75) is 53.7 Å². The van der Waals surface area contributed by atoms with Crippen LogP contribution in [0, 0.1) is 18.8 Å². The van der Waals surface area contributed by atoms with Crippen LogP contribution in [0.1, 0.15) is 39.9 Å². The standard InChI is InChI=1S/C24H32N8O2/c1-6-32-22(19-11-25-17(5)26-12-19)30-20-21(28-14-29-23(20)32)27-10-18(9-15(2)3)24(33)31-7-8-34-16(4)13-31/h10-12,14-16,18H,6-9,13H2,1-5H3/b27-10-/t16-,18?/m0/s1. The van der Waals surface area contributed by atoms with E-state index in [-0.39, 0.29) is 17.9 Å². The van der Waals surface area contributed by atoms with Gasteiger partial charge in [-0.3, -0.25) is 4.79 Å². The molecular weight excluding hydrogens is 432 g/mol. The number of rotatable bonds is 7. The number of aryl methyl sites for hydroxylation is 2. The molecule has 34 heavy (non-hydrogen) atoms. The highest BCUT2D eigenvalue weighted by Gasteiger charge is 2.28. The third kappa shape index (κ3) is 5.11. The monoisotopic (exact) mass is 464 g/mol. The fourth-order valence-electron chi connectivity index (χ4n) is 4.19. The minimum absolute atomic E-state index is 0.0398. The number of nitrogens with zero attached hydrogens (tertiary/aromatic N) is 8. The van der Waals surface area contributed by atoms with Gasteiger partial charge in [0.1, 0.15) is 18.0 Å². The summed E-state index contributed by atoms with van der Waals surface area (Å²) in [6.45, 7) is 12.5. The molecule has 180 valence electrons. The number of carbonyl (C=O) groups is 1. The van der Waals surface area contributed by atoms with Crippen LogP contribution < -0.4 is 0 Å². The first-order valence-electron chi connectivity index (χ1n) is 11.8. The van der Waals surface area contributed by atoms with Crippen LogP contribution in [-0.4, -0.2) is 72.3 Å². The molecule has 0 saturated carbocycles. The van der Waals surface area contributed by atoms with Gasteiger partial charge in [0.15, 0.2) is 17.0 Å². The summed E-state index contributed by atoms with van der Waals surface area (Å²) >= 11 is 0. The van der Waals surface area contributed by atoms with Crippen LogP contribution in [0.4, 0.5) is 5.82 Å². The molecule has 1 aliphatic rings. The van der Waals surface area contributed by atoms with Crippen molar-refractivity contribution in [1.82, 2.24) is 34.4 Å². The van der Waals surface area contributed by atoms with Gasteiger partial charge in [-0.1, -0.05) is 13.8 Å². The van der Waals surface area contributed by atoms with E-state index in [1.54, 1.807) is 18.6 Å². The Morgan fingerprint density at radius 3 is 2.71 bits per heavy atom. The number of hydrogen-bond acceptors (Lipinski definition) is 8. The first kappa shape index (κ1) is 23.9. The molecule has 2 atom stereocenters. The molecule has 3 aromatic rings. The van der Waals surface area contributed by atoms with Crippen molar-refractivity contribution in [3.8, 4) is 11.4 Å². The van der Waals surface area contributed by atoms with Crippen molar-refractivity contribution in [3.05, 3.63) is 24.5 Å². The van der Waals surface area contributed by atoms with E-state index >= 15 is 0 Å². The summed E-state index contributed by atoms with van der Waals surface area (Å²) in [7, 11) is 0. The lowest BCUT2D eigenvalue weighted by Crippen LogP contribution is -2.47. The Hall–Kier alpha value is -3.27. The van der Waals surface area contributed by atoms with Crippen molar-refractivity contribution in [2.75, 3.05) is 19.7 Å². The number of fused-ring (bicyclic) bond motifs is 1. The average molecular weight is 465 g/mol. The van der Waals surface area contributed by atoms with Crippen molar-refractivity contribution in [3.63, 3.8) is 0 Å². The molecule has 0 bridgehead atoms. The zero-order valence-corrected chi connectivity index (χ0v) is 20.5. The number of amides is 1. The van der Waals surface area contributed by atoms with Gasteiger partial charge in [-0.2, -0.15) is 0 Å². The number of morpholine rings is 1. The maximum atomic E-state index is 13.3. The van der Waals surface area contributed by atoms with E-state index in [9.17, 15) is 4.79 Å². The lowest BCUT2D eigenvalue weighted by atomic mass is 9.96. The molecule has 1 aliphatic heterocycles. The number of aliphatic imine (C=N–C) groups is 1. The summed E-state index contributed by atoms with van der Waals surface area (Å²) < 4.78 is 7.60. The Morgan fingerprint density at radius 1 is 1.26 bits per heavy atom. The lowest BCUT2D eigenvalue weighted by Gasteiger charge is -2.33. The number of carbonyl (C=O) groups excluding carboxylic acids is 1. The Balaban J connectivity index is 1.68. The van der Waals surface area contributed by atoms with Gasteiger partial charge in [-0.05, 0) is 33.1 Å². The summed E-state index contributed by atoms with van der Waals surface area (Å²) in [4.78, 5) is 42.1. The van der Waals surface area contributed by atoms with Crippen LogP contribution in [0.2, 0.25) is 0 Å². The number of ether oxygens (including phenoxy) is 1. The van der Waals surface area contributed by atoms with Gasteiger partial charge in [0.05, 0.1) is 24.2 Å². The van der Waals surface area contributed by atoms with E-state index in [2.05, 4.69) is 38.8 Å². The van der Waals surface area contributed by atoms with Crippen LogP contribution in [0.3, 0.4) is 0 Å². The van der Waals surface area contributed by atoms with Gasteiger partial charge in [-0.15, -0.1) is 0 Å². The quantitative estimate of drug-likeness (QED) is 0.494. The number of aromatic nitrogens is 6. The van der Waals surface area contributed by atoms with E-state index < -0.39 is 0 Å². The van der Waals surface area contributed by atoms with Crippen LogP contribution in [-0.2, 0) is 16.1 Å². The zero-order valence-electron chi connectivity index (χ0n) is 20.5. The first-order valence-corrected chi connectivity index (χ1v) is 11.8. The van der Waals surface area contributed by atoms with E-state index in [0.717, 1.165) is 5.56 Å². The van der Waals surface area contributed by atoms with Crippen molar-refractivity contribution < 1.29 is 9.53 Å². The van der Waals surface area contributed by atoms with Crippen molar-refractivity contribution in [1.29, 1.82) is 0 Å². The van der Waals surface area contributed by atoms with Crippen LogP contribution in [0.15, 0.2) is 23.7 Å². The third-order valence-electron chi connectivity index (χ3n) is 5.84. The van der Waals surface area contributed by atoms with Crippen molar-refractivity contribution in [2.24, 2.45) is 16.8 Å². The highest BCUT2D eigenvalue weighted by atomic mass is 16.5. The molecule has 10 nitrogen and oxygen atoms in total. The summed E-state index contributed by atoms with van der Waals surface area (Å²) in [5.74, 6) is 1.94. The largest absolute Gasteiger partial charge is 0.375 e. The molecule has 0 N–H and O–H groups in total. The summed E-state index contributed by atoms with van der Waals surface area (Å²) in [6, 6.07) is 0. The first-order chi connectivity index (χ1) is 16.4. The number of imidazole rings is 1. The van der Waals surface area contributed by atoms with Gasteiger partial charge in [0.25, 0.3) is 0 Å². The molecule has 10 heteroatoms. The molecule has 0 aliphatic carbocycles. The number of hydrogen-bond donors (Lipinski definition) is 0. The molecule has 4 rings (SSSR count). The lowest BCUT2D eigenvalue weighted by molar-refractivity contribution is -0.140. The molecule has 4 heterocycles. The Labute approximate surface area is 199 Å². The summed E-state index contributed by atoms with van der Waals surface area (Å²) in [6.07, 6.45) is 7.47. The maximum absolute atomic E-state index is 13.3. The molecular formula is C24H32N8O2. The van der Waals surface area contributed by atoms with Crippen LogP contribution >= 0.6 is 0 Å². The topological polar surface area (TPSA) is 111 Å². The molecule has 0 aromatic carbocycles. The molecule has 1 fully saturated rings. The van der Waals surface area contributed by atoms with Crippen LogP contribution in [0.25, 0.3) is 22.6 Å².